The van der Waals surface area contributed by atoms with Gasteiger partial charge in [-0.1, -0.05) is 23.7 Å². The Morgan fingerprint density at radius 3 is 2.43 bits per heavy atom. The fraction of sp³-hybridized carbons (Fsp3) is 0.176. The number of anilines is 1. The van der Waals surface area contributed by atoms with E-state index in [0.29, 0.717) is 23.7 Å². The molecule has 0 saturated heterocycles. The van der Waals surface area contributed by atoms with Crippen molar-refractivity contribution in [2.45, 2.75) is 13.3 Å². The first-order valence-corrected chi connectivity index (χ1v) is 7.47. The summed E-state index contributed by atoms with van der Waals surface area (Å²) in [6.45, 7) is 2.13. The SMILES string of the molecule is Cc1cc(Cl)ccc1NC(=O)C(=O)NCCc1ccc(O)cc1. The Hall–Kier alpha value is -2.53. The first kappa shape index (κ1) is 16.8. The zero-order valence-corrected chi connectivity index (χ0v) is 13.4. The predicted molar refractivity (Wildman–Crippen MR) is 89.6 cm³/mol. The summed E-state index contributed by atoms with van der Waals surface area (Å²) in [5, 5.41) is 14.9. The van der Waals surface area contributed by atoms with E-state index in [9.17, 15) is 14.7 Å². The number of aromatic hydroxyl groups is 1. The molecule has 0 aromatic heterocycles. The largest absolute Gasteiger partial charge is 0.508 e. The van der Waals surface area contributed by atoms with Gasteiger partial charge in [0.15, 0.2) is 0 Å². The quantitative estimate of drug-likeness (QED) is 0.753. The average molecular weight is 333 g/mol. The summed E-state index contributed by atoms with van der Waals surface area (Å²) in [7, 11) is 0. The third-order valence-corrected chi connectivity index (χ3v) is 3.51. The molecular formula is C17H17ClN2O3. The minimum absolute atomic E-state index is 0.190. The highest BCUT2D eigenvalue weighted by Gasteiger charge is 2.14. The van der Waals surface area contributed by atoms with Crippen molar-refractivity contribution in [3.8, 4) is 5.75 Å². The van der Waals surface area contributed by atoms with Gasteiger partial charge in [-0.15, -0.1) is 0 Å². The summed E-state index contributed by atoms with van der Waals surface area (Å²) in [4.78, 5) is 23.6. The molecule has 0 heterocycles. The van der Waals surface area contributed by atoms with Crippen LogP contribution < -0.4 is 10.6 Å². The van der Waals surface area contributed by atoms with Crippen molar-refractivity contribution in [2.24, 2.45) is 0 Å². The number of halogens is 1. The van der Waals surface area contributed by atoms with Crippen molar-refractivity contribution >= 4 is 29.1 Å². The molecule has 23 heavy (non-hydrogen) atoms. The van der Waals surface area contributed by atoms with Crippen LogP contribution in [0.2, 0.25) is 5.02 Å². The number of nitrogens with one attached hydrogen (secondary N) is 2. The molecule has 0 fully saturated rings. The zero-order valence-electron chi connectivity index (χ0n) is 12.6. The number of phenols is 1. The number of phenolic OH excluding ortho intramolecular Hbond substituents is 1. The van der Waals surface area contributed by atoms with E-state index in [4.69, 9.17) is 11.6 Å². The molecule has 0 aliphatic carbocycles. The van der Waals surface area contributed by atoms with Crippen LogP contribution in [0.5, 0.6) is 5.75 Å². The van der Waals surface area contributed by atoms with E-state index in [0.717, 1.165) is 11.1 Å². The van der Waals surface area contributed by atoms with Crippen molar-refractivity contribution in [1.29, 1.82) is 0 Å². The number of amides is 2. The smallest absolute Gasteiger partial charge is 0.313 e. The minimum Gasteiger partial charge on any atom is -0.508 e. The van der Waals surface area contributed by atoms with E-state index in [1.807, 2.05) is 0 Å². The van der Waals surface area contributed by atoms with Gasteiger partial charge in [0.05, 0.1) is 0 Å². The fourth-order valence-electron chi connectivity index (χ4n) is 2.01. The third kappa shape index (κ3) is 5.00. The van der Waals surface area contributed by atoms with Crippen LogP contribution in [0.4, 0.5) is 5.69 Å². The van der Waals surface area contributed by atoms with Gasteiger partial charge in [0.25, 0.3) is 0 Å². The number of carbonyl (C=O) groups excluding carboxylic acids is 2. The van der Waals surface area contributed by atoms with Crippen molar-refractivity contribution < 1.29 is 14.7 Å². The van der Waals surface area contributed by atoms with E-state index in [1.165, 1.54) is 0 Å². The highest BCUT2D eigenvalue weighted by molar-refractivity contribution is 6.39. The van der Waals surface area contributed by atoms with Crippen LogP contribution in [0.15, 0.2) is 42.5 Å². The van der Waals surface area contributed by atoms with Crippen LogP contribution in [0.1, 0.15) is 11.1 Å². The summed E-state index contributed by atoms with van der Waals surface area (Å²) in [6, 6.07) is 11.7. The lowest BCUT2D eigenvalue weighted by molar-refractivity contribution is -0.136. The first-order chi connectivity index (χ1) is 11.0. The topological polar surface area (TPSA) is 78.4 Å². The highest BCUT2D eigenvalue weighted by atomic mass is 35.5. The van der Waals surface area contributed by atoms with Gasteiger partial charge in [0.2, 0.25) is 0 Å². The lowest BCUT2D eigenvalue weighted by Gasteiger charge is -2.09. The maximum atomic E-state index is 11.8. The number of hydrogen-bond donors (Lipinski definition) is 3. The molecule has 2 aromatic rings. The molecule has 0 saturated carbocycles. The summed E-state index contributed by atoms with van der Waals surface area (Å²) >= 11 is 5.84. The summed E-state index contributed by atoms with van der Waals surface area (Å²) in [6.07, 6.45) is 0.569. The molecule has 2 amide bonds. The van der Waals surface area contributed by atoms with E-state index in [-0.39, 0.29) is 5.75 Å². The zero-order chi connectivity index (χ0) is 16.8. The molecule has 0 spiro atoms. The van der Waals surface area contributed by atoms with Gasteiger partial charge in [0.1, 0.15) is 5.75 Å². The average Bonchev–Trinajstić information content (AvgIpc) is 2.51. The van der Waals surface area contributed by atoms with Crippen LogP contribution in [0, 0.1) is 6.92 Å². The predicted octanol–water partition coefficient (Wildman–Crippen LogP) is 2.65. The number of benzene rings is 2. The van der Waals surface area contributed by atoms with E-state index >= 15 is 0 Å². The second-order valence-electron chi connectivity index (χ2n) is 5.09. The first-order valence-electron chi connectivity index (χ1n) is 7.09. The normalized spacial score (nSPS) is 10.2. The van der Waals surface area contributed by atoms with Gasteiger partial charge >= 0.3 is 11.8 Å². The summed E-state index contributed by atoms with van der Waals surface area (Å²) in [5.74, 6) is -1.23. The maximum absolute atomic E-state index is 11.8. The molecule has 5 nitrogen and oxygen atoms in total. The molecule has 0 unspecified atom stereocenters. The molecule has 2 rings (SSSR count). The number of carbonyl (C=O) groups is 2. The Bertz CT molecular complexity index is 714. The molecule has 3 N–H and O–H groups in total. The Morgan fingerprint density at radius 1 is 1.09 bits per heavy atom. The molecule has 0 aliphatic rings. The van der Waals surface area contributed by atoms with Gasteiger partial charge in [-0.2, -0.15) is 0 Å². The second-order valence-corrected chi connectivity index (χ2v) is 5.52. The van der Waals surface area contributed by atoms with Crippen LogP contribution in [0.25, 0.3) is 0 Å². The van der Waals surface area contributed by atoms with Gasteiger partial charge in [-0.05, 0) is 54.8 Å². The molecule has 6 heteroatoms. The molecule has 0 radical (unpaired) electrons. The number of hydrogen-bond acceptors (Lipinski definition) is 3. The van der Waals surface area contributed by atoms with Crippen molar-refractivity contribution in [3.05, 3.63) is 58.6 Å². The monoisotopic (exact) mass is 332 g/mol. The van der Waals surface area contributed by atoms with Crippen LogP contribution in [-0.4, -0.2) is 23.5 Å². The Kier molecular flexibility index (Phi) is 5.60. The van der Waals surface area contributed by atoms with Gasteiger partial charge in [-0.3, -0.25) is 9.59 Å². The van der Waals surface area contributed by atoms with Crippen LogP contribution in [0.3, 0.4) is 0 Å². The summed E-state index contributed by atoms with van der Waals surface area (Å²) < 4.78 is 0. The molecular weight excluding hydrogens is 316 g/mol. The van der Waals surface area contributed by atoms with E-state index in [2.05, 4.69) is 10.6 Å². The number of aryl methyl sites for hydroxylation is 1. The third-order valence-electron chi connectivity index (χ3n) is 3.28. The lowest BCUT2D eigenvalue weighted by atomic mass is 10.1. The molecule has 0 atom stereocenters. The minimum atomic E-state index is -0.721. The molecule has 120 valence electrons. The molecule has 0 bridgehead atoms. The molecule has 2 aromatic carbocycles. The number of rotatable bonds is 4. The van der Waals surface area contributed by atoms with Crippen molar-refractivity contribution in [3.63, 3.8) is 0 Å². The van der Waals surface area contributed by atoms with Gasteiger partial charge < -0.3 is 15.7 Å². The maximum Gasteiger partial charge on any atom is 0.313 e. The Morgan fingerprint density at radius 2 is 1.78 bits per heavy atom. The highest BCUT2D eigenvalue weighted by Crippen LogP contribution is 2.19. The van der Waals surface area contributed by atoms with E-state index in [1.54, 1.807) is 49.4 Å². The lowest BCUT2D eigenvalue weighted by Crippen LogP contribution is -2.36. The van der Waals surface area contributed by atoms with Crippen molar-refractivity contribution in [1.82, 2.24) is 5.32 Å². The van der Waals surface area contributed by atoms with Gasteiger partial charge in [-0.25, -0.2) is 0 Å². The van der Waals surface area contributed by atoms with Crippen LogP contribution >= 0.6 is 11.6 Å². The van der Waals surface area contributed by atoms with E-state index < -0.39 is 11.8 Å². The Labute approximate surface area is 139 Å². The van der Waals surface area contributed by atoms with Gasteiger partial charge in [0, 0.05) is 17.3 Å². The summed E-state index contributed by atoms with van der Waals surface area (Å²) in [5.41, 5.74) is 2.29. The van der Waals surface area contributed by atoms with Crippen LogP contribution in [-0.2, 0) is 16.0 Å². The fourth-order valence-corrected chi connectivity index (χ4v) is 2.24. The second kappa shape index (κ2) is 7.65. The van der Waals surface area contributed by atoms with Crippen molar-refractivity contribution in [2.75, 3.05) is 11.9 Å². The Balaban J connectivity index is 1.83. The standard InChI is InChI=1S/C17H17ClN2O3/c1-11-10-13(18)4-7-15(11)20-17(23)16(22)19-9-8-12-2-5-14(21)6-3-12/h2-7,10,21H,8-9H2,1H3,(H,19,22)(H,20,23). The molecule has 0 aliphatic heterocycles.